The van der Waals surface area contributed by atoms with Crippen LogP contribution in [0.15, 0.2) is 29.2 Å². The Bertz CT molecular complexity index is 313. The highest BCUT2D eigenvalue weighted by molar-refractivity contribution is 7.99. The predicted molar refractivity (Wildman–Crippen MR) is 76.1 cm³/mol. The van der Waals surface area contributed by atoms with Crippen LogP contribution in [0.3, 0.4) is 0 Å². The molecule has 0 aliphatic carbocycles. The molecule has 0 aliphatic rings. The molecule has 1 rings (SSSR count). The first-order valence-corrected chi connectivity index (χ1v) is 7.07. The first kappa shape index (κ1) is 14.4. The van der Waals surface area contributed by atoms with Crippen molar-refractivity contribution in [2.24, 2.45) is 0 Å². The summed E-state index contributed by atoms with van der Waals surface area (Å²) in [6, 6.07) is 8.86. The predicted octanol–water partition coefficient (Wildman–Crippen LogP) is 3.56. The van der Waals surface area contributed by atoms with E-state index in [0.29, 0.717) is 11.3 Å². The lowest BCUT2D eigenvalue weighted by atomic mass is 10.2. The maximum atomic E-state index is 5.15. The quantitative estimate of drug-likeness (QED) is 0.751. The minimum absolute atomic E-state index is 0.584. The van der Waals surface area contributed by atoms with Crippen molar-refractivity contribution in [2.75, 3.05) is 13.7 Å². The summed E-state index contributed by atoms with van der Waals surface area (Å²) in [5, 5.41) is 4.07. The first-order chi connectivity index (χ1) is 8.15. The molecule has 0 fully saturated rings. The third-order valence-electron chi connectivity index (χ3n) is 2.63. The largest absolute Gasteiger partial charge is 0.497 e. The lowest BCUT2D eigenvalue weighted by molar-refractivity contribution is 0.414. The number of methoxy groups -OCH3 is 1. The van der Waals surface area contributed by atoms with E-state index in [2.05, 4.69) is 38.2 Å². The molecule has 0 saturated carbocycles. The monoisotopic (exact) mass is 253 g/mol. The second-order valence-corrected chi connectivity index (χ2v) is 5.81. The van der Waals surface area contributed by atoms with Crippen LogP contribution in [0.2, 0.25) is 0 Å². The van der Waals surface area contributed by atoms with Crippen molar-refractivity contribution in [3.63, 3.8) is 0 Å². The minimum Gasteiger partial charge on any atom is -0.497 e. The van der Waals surface area contributed by atoms with E-state index in [1.165, 1.54) is 11.3 Å². The molecule has 0 aromatic heterocycles. The van der Waals surface area contributed by atoms with Gasteiger partial charge in [0, 0.05) is 16.2 Å². The zero-order chi connectivity index (χ0) is 12.7. The van der Waals surface area contributed by atoms with Crippen molar-refractivity contribution in [1.82, 2.24) is 5.32 Å². The maximum absolute atomic E-state index is 5.15. The van der Waals surface area contributed by atoms with Crippen molar-refractivity contribution in [3.8, 4) is 5.75 Å². The highest BCUT2D eigenvalue weighted by Crippen LogP contribution is 2.27. The molecule has 0 saturated heterocycles. The second kappa shape index (κ2) is 7.62. The van der Waals surface area contributed by atoms with Crippen LogP contribution in [-0.4, -0.2) is 24.9 Å². The summed E-state index contributed by atoms with van der Waals surface area (Å²) in [5.74, 6) is 0.919. The number of thioether (sulfide) groups is 1. The average molecular weight is 253 g/mol. The Hall–Kier alpha value is -0.670. The molecule has 2 atom stereocenters. The van der Waals surface area contributed by atoms with Crippen LogP contribution in [0.1, 0.15) is 27.2 Å². The number of rotatable bonds is 7. The minimum atomic E-state index is 0.584. The zero-order valence-corrected chi connectivity index (χ0v) is 12.0. The van der Waals surface area contributed by atoms with Crippen LogP contribution in [0.5, 0.6) is 5.75 Å². The van der Waals surface area contributed by atoms with Crippen LogP contribution in [-0.2, 0) is 0 Å². The molecule has 96 valence electrons. The van der Waals surface area contributed by atoms with Crippen molar-refractivity contribution >= 4 is 11.8 Å². The van der Waals surface area contributed by atoms with Crippen molar-refractivity contribution in [2.45, 2.75) is 43.4 Å². The number of nitrogens with one attached hydrogen (secondary N) is 1. The van der Waals surface area contributed by atoms with E-state index in [4.69, 9.17) is 4.74 Å². The number of hydrogen-bond donors (Lipinski definition) is 1. The van der Waals surface area contributed by atoms with Crippen molar-refractivity contribution in [3.05, 3.63) is 24.3 Å². The number of benzene rings is 1. The Balaban J connectivity index is 2.41. The van der Waals surface area contributed by atoms with Crippen LogP contribution in [0.4, 0.5) is 0 Å². The van der Waals surface area contributed by atoms with Gasteiger partial charge in [-0.1, -0.05) is 13.8 Å². The van der Waals surface area contributed by atoms with Gasteiger partial charge in [0.15, 0.2) is 0 Å². The van der Waals surface area contributed by atoms with Gasteiger partial charge in [-0.15, -0.1) is 11.8 Å². The normalized spacial score (nSPS) is 14.4. The van der Waals surface area contributed by atoms with Gasteiger partial charge in [0.25, 0.3) is 0 Å². The van der Waals surface area contributed by atoms with E-state index in [1.54, 1.807) is 7.11 Å². The Labute approximate surface area is 109 Å². The van der Waals surface area contributed by atoms with E-state index in [1.807, 2.05) is 23.9 Å². The molecule has 1 aromatic carbocycles. The van der Waals surface area contributed by atoms with Gasteiger partial charge >= 0.3 is 0 Å². The van der Waals surface area contributed by atoms with Crippen molar-refractivity contribution < 1.29 is 4.74 Å². The fraction of sp³-hybridized carbons (Fsp3) is 0.571. The Kier molecular flexibility index (Phi) is 6.45. The third kappa shape index (κ3) is 5.46. The molecular formula is C14H23NOS. The molecule has 0 spiro atoms. The fourth-order valence-electron chi connectivity index (χ4n) is 1.86. The maximum Gasteiger partial charge on any atom is 0.118 e. The second-order valence-electron chi connectivity index (χ2n) is 4.30. The Morgan fingerprint density at radius 3 is 2.41 bits per heavy atom. The molecule has 0 radical (unpaired) electrons. The number of ether oxygens (including phenoxy) is 1. The first-order valence-electron chi connectivity index (χ1n) is 6.19. The number of hydrogen-bond acceptors (Lipinski definition) is 3. The summed E-state index contributed by atoms with van der Waals surface area (Å²) in [5.41, 5.74) is 0. The Morgan fingerprint density at radius 2 is 1.88 bits per heavy atom. The zero-order valence-electron chi connectivity index (χ0n) is 11.2. The van der Waals surface area contributed by atoms with Crippen LogP contribution >= 0.6 is 11.8 Å². The smallest absolute Gasteiger partial charge is 0.118 e. The molecule has 2 nitrogen and oxygen atoms in total. The van der Waals surface area contributed by atoms with E-state index >= 15 is 0 Å². The van der Waals surface area contributed by atoms with Crippen molar-refractivity contribution in [1.29, 1.82) is 0 Å². The summed E-state index contributed by atoms with van der Waals surface area (Å²) in [6.45, 7) is 7.72. The molecule has 1 N–H and O–H groups in total. The van der Waals surface area contributed by atoms with E-state index in [-0.39, 0.29) is 0 Å². The third-order valence-corrected chi connectivity index (χ3v) is 3.77. The fourth-order valence-corrected chi connectivity index (χ4v) is 3.01. The molecule has 17 heavy (non-hydrogen) atoms. The van der Waals surface area contributed by atoms with E-state index < -0.39 is 0 Å². The summed E-state index contributed by atoms with van der Waals surface area (Å²) in [4.78, 5) is 1.31. The van der Waals surface area contributed by atoms with Gasteiger partial charge in [-0.3, -0.25) is 0 Å². The molecule has 0 amide bonds. The van der Waals surface area contributed by atoms with Gasteiger partial charge in [-0.05, 0) is 44.2 Å². The van der Waals surface area contributed by atoms with E-state index in [9.17, 15) is 0 Å². The molecule has 0 bridgehead atoms. The molecule has 0 heterocycles. The van der Waals surface area contributed by atoms with Gasteiger partial charge in [0.05, 0.1) is 7.11 Å². The van der Waals surface area contributed by atoms with Gasteiger partial charge in [-0.2, -0.15) is 0 Å². The van der Waals surface area contributed by atoms with Crippen LogP contribution < -0.4 is 10.1 Å². The molecule has 2 unspecified atom stereocenters. The SMILES string of the molecule is CCNC(C)CC(C)Sc1ccc(OC)cc1. The van der Waals surface area contributed by atoms with Gasteiger partial charge < -0.3 is 10.1 Å². The van der Waals surface area contributed by atoms with E-state index in [0.717, 1.165) is 12.3 Å². The van der Waals surface area contributed by atoms with Crippen LogP contribution in [0.25, 0.3) is 0 Å². The van der Waals surface area contributed by atoms with Gasteiger partial charge in [0.2, 0.25) is 0 Å². The molecular weight excluding hydrogens is 230 g/mol. The summed E-state index contributed by atoms with van der Waals surface area (Å²) < 4.78 is 5.15. The molecule has 0 aliphatic heterocycles. The standard InChI is InChI=1S/C14H23NOS/c1-5-15-11(2)10-12(3)17-14-8-6-13(16-4)7-9-14/h6-9,11-12,15H,5,10H2,1-4H3. The topological polar surface area (TPSA) is 21.3 Å². The van der Waals surface area contributed by atoms with Crippen LogP contribution in [0, 0.1) is 0 Å². The highest BCUT2D eigenvalue weighted by Gasteiger charge is 2.09. The average Bonchev–Trinajstić information content (AvgIpc) is 2.30. The summed E-state index contributed by atoms with van der Waals surface area (Å²) in [7, 11) is 1.70. The van der Waals surface area contributed by atoms with Gasteiger partial charge in [0.1, 0.15) is 5.75 Å². The lowest BCUT2D eigenvalue weighted by Gasteiger charge is -2.17. The Morgan fingerprint density at radius 1 is 1.24 bits per heavy atom. The summed E-state index contributed by atoms with van der Waals surface area (Å²) >= 11 is 1.92. The summed E-state index contributed by atoms with van der Waals surface area (Å²) in [6.07, 6.45) is 1.19. The highest BCUT2D eigenvalue weighted by atomic mass is 32.2. The molecule has 1 aromatic rings. The van der Waals surface area contributed by atoms with Gasteiger partial charge in [-0.25, -0.2) is 0 Å². The lowest BCUT2D eigenvalue weighted by Crippen LogP contribution is -2.28. The molecule has 3 heteroatoms.